The number of hydrogen-bond donors (Lipinski definition) is 2. The Morgan fingerprint density at radius 1 is 1.52 bits per heavy atom. The number of benzene rings is 1. The zero-order valence-corrected chi connectivity index (χ0v) is 19.5. The van der Waals surface area contributed by atoms with E-state index in [9.17, 15) is 4.79 Å². The third-order valence-electron chi connectivity index (χ3n) is 5.24. The van der Waals surface area contributed by atoms with Crippen LogP contribution in [0.15, 0.2) is 33.0 Å². The number of fused-ring (bicyclic) bond motifs is 2. The molecule has 154 valence electrons. The fourth-order valence-electron chi connectivity index (χ4n) is 3.82. The van der Waals surface area contributed by atoms with Gasteiger partial charge in [-0.05, 0) is 44.9 Å². The number of nitrogens with zero attached hydrogens (tertiary/aromatic N) is 2. The van der Waals surface area contributed by atoms with Crippen LogP contribution in [0.2, 0.25) is 0 Å². The number of carbonyl (C=O) groups is 1. The molecule has 3 N–H and O–H groups in total. The second-order valence-electron chi connectivity index (χ2n) is 7.56. The Balaban J connectivity index is 1.42. The predicted octanol–water partition coefficient (Wildman–Crippen LogP) is 4.22. The molecule has 29 heavy (non-hydrogen) atoms. The zero-order chi connectivity index (χ0) is 20.6. The largest absolute Gasteiger partial charge is 0.490 e. The highest BCUT2D eigenvalue weighted by Crippen LogP contribution is 2.48. The first-order valence-electron chi connectivity index (χ1n) is 9.52. The lowest BCUT2D eigenvalue weighted by Crippen LogP contribution is -2.39. The van der Waals surface area contributed by atoms with Gasteiger partial charge >= 0.3 is 0 Å². The smallest absolute Gasteiger partial charge is 0.270 e. The molecule has 0 saturated carbocycles. The van der Waals surface area contributed by atoms with Crippen molar-refractivity contribution in [2.24, 2.45) is 10.7 Å². The molecule has 9 heteroatoms. The zero-order valence-electron chi connectivity index (χ0n) is 16.3. The van der Waals surface area contributed by atoms with Crippen molar-refractivity contribution in [3.05, 3.63) is 44.3 Å². The Morgan fingerprint density at radius 3 is 3.03 bits per heavy atom. The molecule has 2 aliphatic heterocycles. The number of ether oxygens (including phenoxy) is 1. The van der Waals surface area contributed by atoms with Crippen molar-refractivity contribution in [2.45, 2.75) is 50.8 Å². The van der Waals surface area contributed by atoms with Crippen LogP contribution in [-0.2, 0) is 5.54 Å². The third kappa shape index (κ3) is 4.46. The lowest BCUT2D eigenvalue weighted by molar-refractivity contribution is 0.0918. The molecule has 3 heterocycles. The highest BCUT2D eigenvalue weighted by atomic mass is 79.9. The average molecular weight is 495 g/mol. The minimum atomic E-state index is -0.332. The van der Waals surface area contributed by atoms with E-state index in [-0.39, 0.29) is 23.6 Å². The second-order valence-corrected chi connectivity index (χ2v) is 10.5. The number of thiazole rings is 1. The van der Waals surface area contributed by atoms with Gasteiger partial charge in [-0.1, -0.05) is 27.7 Å². The van der Waals surface area contributed by atoms with Crippen LogP contribution in [0, 0.1) is 6.92 Å². The summed E-state index contributed by atoms with van der Waals surface area (Å²) < 4.78 is 7.30. The first-order chi connectivity index (χ1) is 13.8. The van der Waals surface area contributed by atoms with Crippen LogP contribution >= 0.6 is 39.0 Å². The molecule has 0 bridgehead atoms. The van der Waals surface area contributed by atoms with E-state index in [0.717, 1.165) is 45.8 Å². The number of amides is 1. The van der Waals surface area contributed by atoms with Crippen molar-refractivity contribution in [2.75, 3.05) is 5.75 Å². The first kappa shape index (κ1) is 20.7. The molecule has 1 aromatic carbocycles. The summed E-state index contributed by atoms with van der Waals surface area (Å²) in [4.78, 5) is 21.4. The Kier molecular flexibility index (Phi) is 5.90. The quantitative estimate of drug-likeness (QED) is 0.649. The van der Waals surface area contributed by atoms with Crippen LogP contribution in [0.4, 0.5) is 0 Å². The van der Waals surface area contributed by atoms with Crippen molar-refractivity contribution < 1.29 is 9.53 Å². The number of nitrogens with two attached hydrogens (primary N) is 1. The van der Waals surface area contributed by atoms with Crippen molar-refractivity contribution in [1.82, 2.24) is 10.3 Å². The summed E-state index contributed by atoms with van der Waals surface area (Å²) in [6.45, 7) is 3.91. The number of carbonyl (C=O) groups excluding carboxylic acids is 1. The number of rotatable bonds is 5. The Bertz CT molecular complexity index is 964. The standard InChI is InChI=1S/C20H23BrN4O2S2/c1-11(23-18(26)16-9-28-12(2)24-16)3-5-14-8-20(10-29-19(22)25-20)15-7-13(21)4-6-17(15)27-14/h4,6-7,9,11,14H,3,5,8,10H2,1-2H3,(H2,22,25)(H,23,26)/t11?,14-,20?/m0/s1. The van der Waals surface area contributed by atoms with Gasteiger partial charge in [-0.2, -0.15) is 0 Å². The molecule has 6 nitrogen and oxygen atoms in total. The molecule has 1 amide bonds. The number of halogens is 1. The predicted molar refractivity (Wildman–Crippen MR) is 122 cm³/mol. The minimum Gasteiger partial charge on any atom is -0.490 e. The molecule has 1 aromatic heterocycles. The lowest BCUT2D eigenvalue weighted by atomic mass is 9.82. The molecule has 3 atom stereocenters. The highest BCUT2D eigenvalue weighted by molar-refractivity contribution is 9.10. The molecule has 2 aliphatic rings. The number of amidine groups is 1. The highest BCUT2D eigenvalue weighted by Gasteiger charge is 2.45. The van der Waals surface area contributed by atoms with Gasteiger partial charge in [-0.3, -0.25) is 9.79 Å². The topological polar surface area (TPSA) is 89.6 Å². The second kappa shape index (κ2) is 8.28. The molecule has 1 spiro atoms. The van der Waals surface area contributed by atoms with E-state index in [1.165, 1.54) is 11.3 Å². The van der Waals surface area contributed by atoms with Crippen LogP contribution in [0.3, 0.4) is 0 Å². The number of nitrogens with one attached hydrogen (secondary N) is 1. The number of aromatic nitrogens is 1. The van der Waals surface area contributed by atoms with Crippen molar-refractivity contribution >= 4 is 50.1 Å². The van der Waals surface area contributed by atoms with E-state index in [1.807, 2.05) is 26.0 Å². The molecule has 0 saturated heterocycles. The Morgan fingerprint density at radius 2 is 2.34 bits per heavy atom. The monoisotopic (exact) mass is 494 g/mol. The van der Waals surface area contributed by atoms with E-state index in [4.69, 9.17) is 15.5 Å². The van der Waals surface area contributed by atoms with Gasteiger partial charge in [-0.25, -0.2) is 4.98 Å². The van der Waals surface area contributed by atoms with Crippen LogP contribution in [0.25, 0.3) is 0 Å². The summed E-state index contributed by atoms with van der Waals surface area (Å²) in [5.41, 5.74) is 7.27. The molecule has 0 aliphatic carbocycles. The fourth-order valence-corrected chi connectivity index (χ4v) is 5.74. The van der Waals surface area contributed by atoms with E-state index < -0.39 is 0 Å². The van der Waals surface area contributed by atoms with Gasteiger partial charge in [0.25, 0.3) is 5.91 Å². The van der Waals surface area contributed by atoms with E-state index in [1.54, 1.807) is 17.1 Å². The summed E-state index contributed by atoms with van der Waals surface area (Å²) in [7, 11) is 0. The molecule has 2 unspecified atom stereocenters. The van der Waals surface area contributed by atoms with Gasteiger partial charge in [0.15, 0.2) is 5.17 Å². The van der Waals surface area contributed by atoms with Gasteiger partial charge < -0.3 is 15.8 Å². The van der Waals surface area contributed by atoms with Crippen LogP contribution < -0.4 is 15.8 Å². The summed E-state index contributed by atoms with van der Waals surface area (Å²) in [6.07, 6.45) is 2.46. The summed E-state index contributed by atoms with van der Waals surface area (Å²) in [5.74, 6) is 1.58. The van der Waals surface area contributed by atoms with Crippen LogP contribution in [-0.4, -0.2) is 34.0 Å². The Hall–Kier alpha value is -1.58. The maximum Gasteiger partial charge on any atom is 0.270 e. The maximum absolute atomic E-state index is 12.3. The molecular weight excluding hydrogens is 472 g/mol. The molecular formula is C20H23BrN4O2S2. The summed E-state index contributed by atoms with van der Waals surface area (Å²) >= 11 is 6.64. The van der Waals surface area contributed by atoms with Gasteiger partial charge in [0, 0.05) is 33.6 Å². The summed E-state index contributed by atoms with van der Waals surface area (Å²) in [5, 5.41) is 6.35. The van der Waals surface area contributed by atoms with E-state index in [0.29, 0.717) is 10.9 Å². The molecule has 0 fully saturated rings. The SMILES string of the molecule is Cc1nc(C(=O)NC(C)CC[C@H]2CC3(CSC(N)=N3)c3cc(Br)ccc3O2)cs1. The normalized spacial score (nSPS) is 24.0. The molecule has 2 aromatic rings. The van der Waals surface area contributed by atoms with Gasteiger partial charge in [0.2, 0.25) is 0 Å². The average Bonchev–Trinajstić information content (AvgIpc) is 3.27. The van der Waals surface area contributed by atoms with Gasteiger partial charge in [0.05, 0.1) is 5.01 Å². The van der Waals surface area contributed by atoms with E-state index in [2.05, 4.69) is 32.3 Å². The number of aliphatic imine (C=N–C) groups is 1. The third-order valence-corrected chi connectivity index (χ3v) is 7.51. The fraction of sp³-hybridized carbons (Fsp3) is 0.450. The van der Waals surface area contributed by atoms with Gasteiger partial charge in [0.1, 0.15) is 23.1 Å². The number of hydrogen-bond acceptors (Lipinski definition) is 7. The number of aryl methyl sites for hydroxylation is 1. The first-order valence-corrected chi connectivity index (χ1v) is 12.2. The number of thioether (sulfide) groups is 1. The van der Waals surface area contributed by atoms with E-state index >= 15 is 0 Å². The van der Waals surface area contributed by atoms with Crippen molar-refractivity contribution in [1.29, 1.82) is 0 Å². The lowest BCUT2D eigenvalue weighted by Gasteiger charge is -2.38. The maximum atomic E-state index is 12.3. The van der Waals surface area contributed by atoms with Crippen LogP contribution in [0.1, 0.15) is 47.2 Å². The summed E-state index contributed by atoms with van der Waals surface area (Å²) in [6, 6.07) is 6.11. The molecule has 0 radical (unpaired) electrons. The van der Waals surface area contributed by atoms with Crippen LogP contribution in [0.5, 0.6) is 5.75 Å². The van der Waals surface area contributed by atoms with Crippen molar-refractivity contribution in [3.63, 3.8) is 0 Å². The van der Waals surface area contributed by atoms with Crippen molar-refractivity contribution in [3.8, 4) is 5.75 Å². The Labute approximate surface area is 186 Å². The minimum absolute atomic E-state index is 0.0276. The molecule has 4 rings (SSSR count). The van der Waals surface area contributed by atoms with Gasteiger partial charge in [-0.15, -0.1) is 11.3 Å².